The van der Waals surface area contributed by atoms with Gasteiger partial charge in [-0.3, -0.25) is 5.41 Å². The smallest absolute Gasteiger partial charge is 0.270 e. The van der Waals surface area contributed by atoms with Gasteiger partial charge in [-0.1, -0.05) is 29.8 Å². The van der Waals surface area contributed by atoms with Crippen LogP contribution in [-0.2, 0) is 16.4 Å². The van der Waals surface area contributed by atoms with Crippen molar-refractivity contribution in [2.45, 2.75) is 18.2 Å². The van der Waals surface area contributed by atoms with Gasteiger partial charge in [0.2, 0.25) is 5.95 Å². The average Bonchev–Trinajstić information content (AvgIpc) is 3.43. The molecular formula is C26H19F2IN4O3S2. The van der Waals surface area contributed by atoms with E-state index in [4.69, 9.17) is 15.9 Å². The van der Waals surface area contributed by atoms with Crippen molar-refractivity contribution in [2.24, 2.45) is 5.73 Å². The van der Waals surface area contributed by atoms with Crippen molar-refractivity contribution in [1.29, 1.82) is 5.41 Å². The summed E-state index contributed by atoms with van der Waals surface area (Å²) in [5, 5.41) is 9.76. The number of rotatable bonds is 7. The Balaban J connectivity index is 1.75. The maximum absolute atomic E-state index is 15.8. The number of aromatic nitrogens is 2. The first-order chi connectivity index (χ1) is 18.1. The lowest BCUT2D eigenvalue weighted by atomic mass is 10.0. The summed E-state index contributed by atoms with van der Waals surface area (Å²) in [5.41, 5.74) is 7.36. The van der Waals surface area contributed by atoms with Crippen molar-refractivity contribution in [3.63, 3.8) is 0 Å². The monoisotopic (exact) mass is 664 g/mol. The molecular weight excluding hydrogens is 645 g/mol. The Kier molecular flexibility index (Phi) is 6.96. The highest BCUT2D eigenvalue weighted by Crippen LogP contribution is 2.39. The van der Waals surface area contributed by atoms with Crippen LogP contribution < -0.4 is 10.5 Å². The topological polar surface area (TPSA) is 111 Å². The van der Waals surface area contributed by atoms with Crippen LogP contribution in [0.3, 0.4) is 0 Å². The number of nitrogens with zero attached hydrogens (tertiary/aromatic N) is 2. The maximum Gasteiger partial charge on any atom is 0.270 e. The third kappa shape index (κ3) is 4.78. The highest BCUT2D eigenvalue weighted by molar-refractivity contribution is 14.1. The molecule has 0 aliphatic heterocycles. The third-order valence-corrected chi connectivity index (χ3v) is 9.26. The van der Waals surface area contributed by atoms with Gasteiger partial charge in [0.05, 0.1) is 21.7 Å². The molecule has 0 aliphatic rings. The second-order valence-corrected chi connectivity index (χ2v) is 12.8. The number of amidine groups is 1. The average molecular weight is 664 g/mol. The largest absolute Gasteiger partial charge is 0.453 e. The highest BCUT2D eigenvalue weighted by atomic mass is 127. The minimum absolute atomic E-state index is 0.0410. The molecule has 38 heavy (non-hydrogen) atoms. The first kappa shape index (κ1) is 26.3. The lowest BCUT2D eigenvalue weighted by Crippen LogP contribution is -2.15. The zero-order chi connectivity index (χ0) is 27.2. The van der Waals surface area contributed by atoms with Crippen molar-refractivity contribution in [3.05, 3.63) is 103 Å². The number of thiazole rings is 1. The van der Waals surface area contributed by atoms with Crippen LogP contribution in [0.5, 0.6) is 11.5 Å². The van der Waals surface area contributed by atoms with Crippen LogP contribution in [0.1, 0.15) is 22.4 Å². The number of aryl methyl sites for hydroxylation is 1. The van der Waals surface area contributed by atoms with Gasteiger partial charge in [0, 0.05) is 34.9 Å². The Morgan fingerprint density at radius 1 is 1.16 bits per heavy atom. The number of hydrogen-bond donors (Lipinski definition) is 2. The molecule has 194 valence electrons. The van der Waals surface area contributed by atoms with E-state index in [2.05, 4.69) is 27.6 Å². The van der Waals surface area contributed by atoms with Gasteiger partial charge in [-0.05, 0) is 53.8 Å². The number of hydrogen-bond acceptors (Lipinski definition) is 6. The Hall–Kier alpha value is -3.36. The van der Waals surface area contributed by atoms with Crippen LogP contribution in [0.25, 0.3) is 10.9 Å². The molecule has 0 atom stereocenters. The SMILES string of the molecule is Cc1ccc(S(=O)(=O)n2c(F)cc3c(Cc4csc(I)n4)c(Oc4ccccc4C(=N)N)c(F)cc32)cc1. The lowest BCUT2D eigenvalue weighted by Gasteiger charge is -2.16. The maximum atomic E-state index is 15.8. The molecule has 3 aromatic carbocycles. The summed E-state index contributed by atoms with van der Waals surface area (Å²) in [4.78, 5) is 4.29. The summed E-state index contributed by atoms with van der Waals surface area (Å²) < 4.78 is 65.3. The van der Waals surface area contributed by atoms with E-state index in [1.165, 1.54) is 29.5 Å². The first-order valence-electron chi connectivity index (χ1n) is 11.1. The van der Waals surface area contributed by atoms with Gasteiger partial charge >= 0.3 is 0 Å². The number of benzene rings is 3. The molecule has 0 fully saturated rings. The fourth-order valence-corrected chi connectivity index (χ4v) is 6.70. The van der Waals surface area contributed by atoms with Gasteiger partial charge in [-0.15, -0.1) is 11.3 Å². The molecule has 12 heteroatoms. The van der Waals surface area contributed by atoms with Crippen molar-refractivity contribution in [2.75, 3.05) is 0 Å². The minimum Gasteiger partial charge on any atom is -0.453 e. The molecule has 5 rings (SSSR count). The molecule has 0 bridgehead atoms. The number of nitrogen functional groups attached to an aromatic ring is 1. The van der Waals surface area contributed by atoms with Crippen LogP contribution in [0, 0.1) is 27.1 Å². The molecule has 0 amide bonds. The fraction of sp³-hybridized carbons (Fsp3) is 0.0769. The van der Waals surface area contributed by atoms with E-state index >= 15 is 8.78 Å². The zero-order valence-corrected chi connectivity index (χ0v) is 23.5. The quantitative estimate of drug-likeness (QED) is 0.123. The number of para-hydroxylation sites is 1. The van der Waals surface area contributed by atoms with Gasteiger partial charge in [-0.25, -0.2) is 21.8 Å². The molecule has 3 N–H and O–H groups in total. The Morgan fingerprint density at radius 2 is 1.87 bits per heavy atom. The van der Waals surface area contributed by atoms with Crippen LogP contribution in [0.2, 0.25) is 0 Å². The van der Waals surface area contributed by atoms with Crippen molar-refractivity contribution < 1.29 is 21.9 Å². The molecule has 0 aliphatic carbocycles. The van der Waals surface area contributed by atoms with E-state index in [0.29, 0.717) is 9.67 Å². The normalized spacial score (nSPS) is 11.7. The Labute approximate surface area is 234 Å². The summed E-state index contributed by atoms with van der Waals surface area (Å²) in [6.07, 6.45) is 0.0410. The molecule has 0 spiro atoms. The van der Waals surface area contributed by atoms with Crippen LogP contribution >= 0.6 is 33.9 Å². The van der Waals surface area contributed by atoms with Gasteiger partial charge in [-0.2, -0.15) is 4.39 Å². The van der Waals surface area contributed by atoms with E-state index in [0.717, 1.165) is 20.7 Å². The van der Waals surface area contributed by atoms with Gasteiger partial charge in [0.1, 0.15) is 11.6 Å². The van der Waals surface area contributed by atoms with Crippen molar-refractivity contribution >= 4 is 60.7 Å². The van der Waals surface area contributed by atoms with Crippen molar-refractivity contribution in [3.8, 4) is 11.5 Å². The highest BCUT2D eigenvalue weighted by Gasteiger charge is 2.28. The fourth-order valence-electron chi connectivity index (χ4n) is 4.08. The lowest BCUT2D eigenvalue weighted by molar-refractivity contribution is 0.437. The van der Waals surface area contributed by atoms with E-state index < -0.39 is 21.8 Å². The number of nitrogens with two attached hydrogens (primary N) is 1. The molecule has 0 saturated heterocycles. The zero-order valence-electron chi connectivity index (χ0n) is 19.7. The molecule has 5 aromatic rings. The molecule has 0 radical (unpaired) electrons. The van der Waals surface area contributed by atoms with E-state index in [-0.39, 0.29) is 50.7 Å². The summed E-state index contributed by atoms with van der Waals surface area (Å²) in [6.45, 7) is 1.80. The van der Waals surface area contributed by atoms with E-state index in [9.17, 15) is 8.42 Å². The number of halogens is 3. The summed E-state index contributed by atoms with van der Waals surface area (Å²) in [6, 6.07) is 14.3. The Bertz CT molecular complexity index is 1820. The predicted octanol–water partition coefficient (Wildman–Crippen LogP) is 6.19. The molecule has 0 saturated carbocycles. The summed E-state index contributed by atoms with van der Waals surface area (Å²) in [5.74, 6) is -2.37. The second kappa shape index (κ2) is 10.1. The molecule has 7 nitrogen and oxygen atoms in total. The van der Waals surface area contributed by atoms with Gasteiger partial charge < -0.3 is 10.5 Å². The second-order valence-electron chi connectivity index (χ2n) is 8.43. The Morgan fingerprint density at radius 3 is 2.53 bits per heavy atom. The predicted molar refractivity (Wildman–Crippen MR) is 151 cm³/mol. The van der Waals surface area contributed by atoms with Crippen LogP contribution in [0.4, 0.5) is 8.78 Å². The summed E-state index contributed by atoms with van der Waals surface area (Å²) in [7, 11) is -4.39. The van der Waals surface area contributed by atoms with E-state index in [1.807, 2.05) is 0 Å². The van der Waals surface area contributed by atoms with Crippen LogP contribution in [0.15, 0.2) is 70.9 Å². The third-order valence-electron chi connectivity index (χ3n) is 5.86. The first-order valence-corrected chi connectivity index (χ1v) is 14.5. The number of ether oxygens (including phenoxy) is 1. The minimum atomic E-state index is -4.39. The van der Waals surface area contributed by atoms with Crippen molar-refractivity contribution in [1.82, 2.24) is 8.96 Å². The molecule has 2 heterocycles. The number of nitrogens with one attached hydrogen (secondary N) is 1. The van der Waals surface area contributed by atoms with E-state index in [1.54, 1.807) is 42.6 Å². The standard InChI is InChI=1S/C26H19F2IN4O3S2/c1-14-6-8-16(9-7-14)38(34,35)33-21-12-20(27)24(36-22-5-3-2-4-17(22)25(30)31)19(18(21)11-23(33)28)10-15-13-37-26(29)32-15/h2-9,11-13H,10H2,1H3,(H3,30,31). The van der Waals surface area contributed by atoms with Gasteiger partial charge in [0.15, 0.2) is 14.6 Å². The molecule has 2 aromatic heterocycles. The molecule has 0 unspecified atom stereocenters. The van der Waals surface area contributed by atoms with Gasteiger partial charge in [0.25, 0.3) is 10.0 Å². The number of fused-ring (bicyclic) bond motifs is 1. The summed E-state index contributed by atoms with van der Waals surface area (Å²) >= 11 is 3.44. The van der Waals surface area contributed by atoms with Crippen LogP contribution in [-0.4, -0.2) is 23.2 Å².